The number of unbranched alkanes of at least 4 members (excludes halogenated alkanes) is 1. The molecule has 0 unspecified atom stereocenters. The first-order valence-electron chi connectivity index (χ1n) is 12.4. The van der Waals surface area contributed by atoms with Gasteiger partial charge in [-0.2, -0.15) is 0 Å². The molecule has 38 heavy (non-hydrogen) atoms. The first-order chi connectivity index (χ1) is 18.5. The van der Waals surface area contributed by atoms with Crippen molar-refractivity contribution in [1.29, 1.82) is 0 Å². The van der Waals surface area contributed by atoms with Crippen molar-refractivity contribution in [3.05, 3.63) is 100.0 Å². The number of pyridine rings is 1. The number of carboxylic acid groups (broad SMARTS) is 1. The zero-order chi connectivity index (χ0) is 26.6. The number of benzene rings is 2. The molecule has 0 bridgehead atoms. The highest BCUT2D eigenvalue weighted by molar-refractivity contribution is 5.92. The van der Waals surface area contributed by atoms with Gasteiger partial charge in [-0.1, -0.05) is 49.7 Å². The third kappa shape index (κ3) is 4.75. The van der Waals surface area contributed by atoms with Crippen LogP contribution in [0.4, 0.5) is 0 Å². The molecule has 0 amide bonds. The van der Waals surface area contributed by atoms with E-state index in [-0.39, 0.29) is 11.3 Å². The molecular formula is C28H27N7O3. The molecule has 0 saturated carbocycles. The van der Waals surface area contributed by atoms with E-state index >= 15 is 0 Å². The quantitative estimate of drug-likeness (QED) is 0.303. The summed E-state index contributed by atoms with van der Waals surface area (Å²) >= 11 is 0. The van der Waals surface area contributed by atoms with Crippen LogP contribution in [0, 0.1) is 6.92 Å². The molecule has 10 nitrogen and oxygen atoms in total. The maximum atomic E-state index is 13.7. The summed E-state index contributed by atoms with van der Waals surface area (Å²) in [6, 6.07) is 14.9. The Bertz CT molecular complexity index is 1630. The standard InChI is InChI=1S/C28H27N7O3/c1-3-4-7-21-17-35(25-18(2)6-5-8-23(25)27(36)37)28(38)34(21)16-19-9-11-20(12-10-19)22-13-14-29-15-24(22)26-30-32-33-31-26/h5-6,8-15,17H,3-4,7,16H2,1-2H3,(H,36,37)(H,30,31,32,33). The van der Waals surface area contributed by atoms with Crippen molar-refractivity contribution in [3.63, 3.8) is 0 Å². The predicted molar refractivity (Wildman–Crippen MR) is 142 cm³/mol. The molecule has 5 aromatic rings. The summed E-state index contributed by atoms with van der Waals surface area (Å²) in [7, 11) is 0. The van der Waals surface area contributed by atoms with Crippen LogP contribution in [-0.2, 0) is 13.0 Å². The van der Waals surface area contributed by atoms with Crippen LogP contribution in [0.25, 0.3) is 28.2 Å². The summed E-state index contributed by atoms with van der Waals surface area (Å²) in [6.07, 6.45) is 7.84. The Morgan fingerprint density at radius 2 is 1.89 bits per heavy atom. The molecule has 2 aromatic carbocycles. The van der Waals surface area contributed by atoms with Crippen LogP contribution < -0.4 is 5.69 Å². The summed E-state index contributed by atoms with van der Waals surface area (Å²) < 4.78 is 3.22. The summed E-state index contributed by atoms with van der Waals surface area (Å²) in [4.78, 5) is 29.8. The number of rotatable bonds is 9. The van der Waals surface area contributed by atoms with Crippen LogP contribution in [-0.4, -0.2) is 45.8 Å². The van der Waals surface area contributed by atoms with Gasteiger partial charge in [-0.05, 0) is 64.6 Å². The van der Waals surface area contributed by atoms with Gasteiger partial charge in [0.15, 0.2) is 5.82 Å². The number of tetrazole rings is 1. The van der Waals surface area contributed by atoms with Crippen molar-refractivity contribution >= 4 is 5.97 Å². The van der Waals surface area contributed by atoms with Gasteiger partial charge in [-0.3, -0.25) is 14.1 Å². The largest absolute Gasteiger partial charge is 0.478 e. The van der Waals surface area contributed by atoms with Crippen LogP contribution in [0.5, 0.6) is 0 Å². The van der Waals surface area contributed by atoms with Crippen LogP contribution >= 0.6 is 0 Å². The van der Waals surface area contributed by atoms with Crippen molar-refractivity contribution in [1.82, 2.24) is 34.7 Å². The van der Waals surface area contributed by atoms with E-state index in [1.54, 1.807) is 29.2 Å². The van der Waals surface area contributed by atoms with E-state index in [0.717, 1.165) is 52.8 Å². The van der Waals surface area contributed by atoms with E-state index in [9.17, 15) is 14.7 Å². The second-order valence-electron chi connectivity index (χ2n) is 9.11. The van der Waals surface area contributed by atoms with Gasteiger partial charge in [0.1, 0.15) is 0 Å². The van der Waals surface area contributed by atoms with Gasteiger partial charge in [0.25, 0.3) is 0 Å². The molecule has 0 spiro atoms. The normalized spacial score (nSPS) is 11.1. The summed E-state index contributed by atoms with van der Waals surface area (Å²) in [5.41, 5.74) is 5.48. The maximum absolute atomic E-state index is 13.7. The zero-order valence-electron chi connectivity index (χ0n) is 21.1. The summed E-state index contributed by atoms with van der Waals surface area (Å²) in [5.74, 6) is -0.534. The number of hydrogen-bond donors (Lipinski definition) is 2. The Labute approximate surface area is 218 Å². The lowest BCUT2D eigenvalue weighted by atomic mass is 10.00. The summed E-state index contributed by atoms with van der Waals surface area (Å²) in [5, 5.41) is 23.9. The van der Waals surface area contributed by atoms with Crippen molar-refractivity contribution in [2.45, 2.75) is 39.7 Å². The molecule has 10 heteroatoms. The molecule has 0 radical (unpaired) electrons. The first kappa shape index (κ1) is 24.8. The zero-order valence-corrected chi connectivity index (χ0v) is 21.1. The lowest BCUT2D eigenvalue weighted by molar-refractivity contribution is 0.0696. The number of H-pyrrole nitrogens is 1. The lowest BCUT2D eigenvalue weighted by Crippen LogP contribution is -2.26. The van der Waals surface area contributed by atoms with E-state index in [2.05, 4.69) is 32.5 Å². The van der Waals surface area contributed by atoms with E-state index < -0.39 is 5.97 Å². The van der Waals surface area contributed by atoms with Gasteiger partial charge in [-0.15, -0.1) is 5.10 Å². The molecule has 3 aromatic heterocycles. The number of aromatic nitrogens is 7. The number of nitrogens with one attached hydrogen (secondary N) is 1. The van der Waals surface area contributed by atoms with Gasteiger partial charge in [0, 0.05) is 29.8 Å². The Morgan fingerprint density at radius 1 is 1.08 bits per heavy atom. The molecule has 0 aliphatic carbocycles. The van der Waals surface area contributed by atoms with Crippen molar-refractivity contribution in [2.24, 2.45) is 0 Å². The van der Waals surface area contributed by atoms with Gasteiger partial charge >= 0.3 is 11.7 Å². The maximum Gasteiger partial charge on any atom is 0.337 e. The van der Waals surface area contributed by atoms with Crippen LogP contribution in [0.1, 0.15) is 46.9 Å². The number of para-hydroxylation sites is 1. The monoisotopic (exact) mass is 509 g/mol. The number of aryl methyl sites for hydroxylation is 2. The summed E-state index contributed by atoms with van der Waals surface area (Å²) in [6.45, 7) is 4.29. The van der Waals surface area contributed by atoms with Crippen LogP contribution in [0.15, 0.2) is 71.9 Å². The topological polar surface area (TPSA) is 132 Å². The second-order valence-corrected chi connectivity index (χ2v) is 9.11. The fraction of sp³-hybridized carbons (Fsp3) is 0.214. The molecular weight excluding hydrogens is 482 g/mol. The Kier molecular flexibility index (Phi) is 6.94. The fourth-order valence-corrected chi connectivity index (χ4v) is 4.65. The van der Waals surface area contributed by atoms with E-state index in [4.69, 9.17) is 0 Å². The van der Waals surface area contributed by atoms with Crippen molar-refractivity contribution in [2.75, 3.05) is 0 Å². The highest BCUT2D eigenvalue weighted by atomic mass is 16.4. The number of nitrogens with zero attached hydrogens (tertiary/aromatic N) is 6. The Hall–Kier alpha value is -4.86. The first-order valence-corrected chi connectivity index (χ1v) is 12.4. The van der Waals surface area contributed by atoms with Crippen molar-refractivity contribution in [3.8, 4) is 28.2 Å². The molecule has 0 saturated heterocycles. The number of carbonyl (C=O) groups is 1. The van der Waals surface area contributed by atoms with E-state index in [1.807, 2.05) is 43.3 Å². The van der Waals surface area contributed by atoms with Gasteiger partial charge in [0.2, 0.25) is 0 Å². The molecule has 0 atom stereocenters. The minimum absolute atomic E-state index is 0.103. The minimum Gasteiger partial charge on any atom is -0.478 e. The number of carboxylic acids is 1. The minimum atomic E-state index is -1.06. The Morgan fingerprint density at radius 3 is 2.61 bits per heavy atom. The number of aromatic amines is 1. The van der Waals surface area contributed by atoms with Gasteiger partial charge in [-0.25, -0.2) is 14.7 Å². The molecule has 0 fully saturated rings. The van der Waals surface area contributed by atoms with Crippen LogP contribution in [0.2, 0.25) is 0 Å². The SMILES string of the molecule is CCCCc1cn(-c2c(C)cccc2C(=O)O)c(=O)n1Cc1ccc(-c2ccncc2-c2nnn[nH]2)cc1. The van der Waals surface area contributed by atoms with Crippen molar-refractivity contribution < 1.29 is 9.90 Å². The molecule has 0 aliphatic heterocycles. The smallest absolute Gasteiger partial charge is 0.337 e. The number of imidazole rings is 1. The third-order valence-corrected chi connectivity index (χ3v) is 6.58. The van der Waals surface area contributed by atoms with E-state index in [0.29, 0.717) is 18.1 Å². The Balaban J connectivity index is 1.51. The lowest BCUT2D eigenvalue weighted by Gasteiger charge is -2.10. The fourth-order valence-electron chi connectivity index (χ4n) is 4.65. The number of hydrogen-bond acceptors (Lipinski definition) is 6. The molecule has 0 aliphatic rings. The second kappa shape index (κ2) is 10.6. The van der Waals surface area contributed by atoms with E-state index in [1.165, 1.54) is 10.6 Å². The number of aromatic carboxylic acids is 1. The third-order valence-electron chi connectivity index (χ3n) is 6.58. The molecule has 192 valence electrons. The highest BCUT2D eigenvalue weighted by Gasteiger charge is 2.20. The van der Waals surface area contributed by atoms with Crippen LogP contribution in [0.3, 0.4) is 0 Å². The van der Waals surface area contributed by atoms with Gasteiger partial charge in [0.05, 0.1) is 17.8 Å². The highest BCUT2D eigenvalue weighted by Crippen LogP contribution is 2.29. The average molecular weight is 510 g/mol. The predicted octanol–water partition coefficient (Wildman–Crippen LogP) is 4.28. The van der Waals surface area contributed by atoms with Gasteiger partial charge < -0.3 is 5.11 Å². The molecule has 5 rings (SSSR count). The molecule has 3 heterocycles. The molecule has 2 N–H and O–H groups in total. The average Bonchev–Trinajstić information content (AvgIpc) is 3.57.